The number of rotatable bonds is 3. The minimum atomic E-state index is 0.0883. The zero-order chi connectivity index (χ0) is 21.8. The number of piperidine rings is 1. The van der Waals surface area contributed by atoms with Gasteiger partial charge in [0.05, 0.1) is 0 Å². The second-order valence-corrected chi connectivity index (χ2v) is 10.1. The first-order valence-electron chi connectivity index (χ1n) is 12.4. The number of aromatic nitrogens is 2. The number of carbonyl (C=O) groups excluding carboxylic acids is 1. The zero-order valence-corrected chi connectivity index (χ0v) is 19.1. The van der Waals surface area contributed by atoms with Gasteiger partial charge in [0, 0.05) is 38.9 Å². The Labute approximate surface area is 191 Å². The van der Waals surface area contributed by atoms with Gasteiger partial charge in [0.25, 0.3) is 5.91 Å². The fraction of sp³-hybridized carbons (Fsp3) is 0.615. The van der Waals surface area contributed by atoms with Crippen LogP contribution in [0.15, 0.2) is 36.5 Å². The molecular weight excluding hydrogens is 400 g/mol. The number of aromatic amines is 1. The number of hydrogen-bond donors (Lipinski definition) is 1. The van der Waals surface area contributed by atoms with Crippen molar-refractivity contribution in [3.05, 3.63) is 47.8 Å². The molecule has 32 heavy (non-hydrogen) atoms. The quantitative estimate of drug-likeness (QED) is 0.785. The first kappa shape index (κ1) is 21.5. The topological polar surface area (TPSA) is 61.5 Å². The number of likely N-dealkylation sites (tertiary alicyclic amines) is 1. The molecule has 1 N–H and O–H groups in total. The van der Waals surface area contributed by atoms with Crippen molar-refractivity contribution in [2.24, 2.45) is 11.3 Å². The summed E-state index contributed by atoms with van der Waals surface area (Å²) < 4.78 is 6.25. The number of para-hydroxylation sites is 1. The standard InChI is InChI=1S/C26H36N4O2/c31-25(23-10-14-27-28-23)30-15-12-26(13-16-30)11-4-3-6-22-5-1-2-7-24(22)32-18-17-29(20-26)19-21-8-9-21/h1-2,5,7,10,14,21H,3-4,6,8-9,11-13,15-20H2,(H,27,28). The Morgan fingerprint density at radius 2 is 1.94 bits per heavy atom. The van der Waals surface area contributed by atoms with Crippen molar-refractivity contribution in [1.29, 1.82) is 0 Å². The maximum absolute atomic E-state index is 12.8. The maximum Gasteiger partial charge on any atom is 0.271 e. The van der Waals surface area contributed by atoms with Crippen molar-refractivity contribution in [2.45, 2.75) is 51.4 Å². The lowest BCUT2D eigenvalue weighted by Gasteiger charge is -2.45. The number of ether oxygens (including phenoxy) is 1. The molecule has 0 bridgehead atoms. The van der Waals surface area contributed by atoms with Crippen LogP contribution in [0.5, 0.6) is 5.75 Å². The lowest BCUT2D eigenvalue weighted by molar-refractivity contribution is 0.0365. The van der Waals surface area contributed by atoms with Gasteiger partial charge in [-0.15, -0.1) is 0 Å². The van der Waals surface area contributed by atoms with Gasteiger partial charge < -0.3 is 9.64 Å². The number of nitrogens with one attached hydrogen (secondary N) is 1. The van der Waals surface area contributed by atoms with Crippen LogP contribution in [-0.2, 0) is 6.42 Å². The highest BCUT2D eigenvalue weighted by atomic mass is 16.5. The molecule has 1 spiro atoms. The Morgan fingerprint density at radius 1 is 1.09 bits per heavy atom. The van der Waals surface area contributed by atoms with E-state index in [0.29, 0.717) is 11.1 Å². The fourth-order valence-corrected chi connectivity index (χ4v) is 5.54. The third-order valence-corrected chi connectivity index (χ3v) is 7.66. The Bertz CT molecular complexity index is 885. The summed E-state index contributed by atoms with van der Waals surface area (Å²) in [6.45, 7) is 5.76. The summed E-state index contributed by atoms with van der Waals surface area (Å²) in [5.41, 5.74) is 2.25. The van der Waals surface area contributed by atoms with E-state index in [2.05, 4.69) is 39.4 Å². The molecule has 0 unspecified atom stereocenters. The normalized spacial score (nSPS) is 22.4. The Hall–Kier alpha value is -2.34. The predicted octanol–water partition coefficient (Wildman–Crippen LogP) is 4.15. The lowest BCUT2D eigenvalue weighted by Crippen LogP contribution is -2.49. The van der Waals surface area contributed by atoms with Crippen LogP contribution in [0.25, 0.3) is 0 Å². The molecule has 1 aliphatic carbocycles. The molecule has 0 radical (unpaired) electrons. The third-order valence-electron chi connectivity index (χ3n) is 7.66. The Morgan fingerprint density at radius 3 is 2.72 bits per heavy atom. The highest BCUT2D eigenvalue weighted by molar-refractivity contribution is 5.92. The smallest absolute Gasteiger partial charge is 0.271 e. The van der Waals surface area contributed by atoms with E-state index in [9.17, 15) is 4.79 Å². The summed E-state index contributed by atoms with van der Waals surface area (Å²) in [5, 5.41) is 6.78. The largest absolute Gasteiger partial charge is 0.492 e. The minimum absolute atomic E-state index is 0.0883. The van der Waals surface area contributed by atoms with Crippen LogP contribution in [0.2, 0.25) is 0 Å². The van der Waals surface area contributed by atoms with E-state index in [1.54, 1.807) is 12.3 Å². The van der Waals surface area contributed by atoms with Crippen molar-refractivity contribution in [1.82, 2.24) is 20.0 Å². The van der Waals surface area contributed by atoms with Gasteiger partial charge in [-0.3, -0.25) is 14.8 Å². The van der Waals surface area contributed by atoms with Gasteiger partial charge in [-0.25, -0.2) is 0 Å². The number of benzene rings is 1. The Kier molecular flexibility index (Phi) is 6.49. The van der Waals surface area contributed by atoms with E-state index >= 15 is 0 Å². The highest BCUT2D eigenvalue weighted by Gasteiger charge is 2.38. The Balaban J connectivity index is 1.28. The monoisotopic (exact) mass is 436 g/mol. The summed E-state index contributed by atoms with van der Waals surface area (Å²) in [7, 11) is 0. The number of carbonyl (C=O) groups is 1. The van der Waals surface area contributed by atoms with Gasteiger partial charge in [0.1, 0.15) is 18.1 Å². The average Bonchev–Trinajstić information content (AvgIpc) is 3.45. The van der Waals surface area contributed by atoms with E-state index < -0.39 is 0 Å². The van der Waals surface area contributed by atoms with E-state index in [-0.39, 0.29) is 5.91 Å². The summed E-state index contributed by atoms with van der Waals surface area (Å²) >= 11 is 0. The maximum atomic E-state index is 12.8. The van der Waals surface area contributed by atoms with Crippen molar-refractivity contribution in [3.8, 4) is 5.75 Å². The van der Waals surface area contributed by atoms with Crippen molar-refractivity contribution < 1.29 is 9.53 Å². The summed E-state index contributed by atoms with van der Waals surface area (Å²) in [4.78, 5) is 17.5. The molecule has 5 rings (SSSR count). The zero-order valence-electron chi connectivity index (χ0n) is 19.1. The molecule has 1 aromatic heterocycles. The SMILES string of the molecule is O=C(c1ccn[nH]1)N1CCC2(CCCCc3ccccc3OCCN(CC3CC3)C2)CC1. The predicted molar refractivity (Wildman–Crippen MR) is 125 cm³/mol. The number of H-pyrrole nitrogens is 1. The number of amides is 1. The van der Waals surface area contributed by atoms with E-state index in [4.69, 9.17) is 4.74 Å². The van der Waals surface area contributed by atoms with Gasteiger partial charge in [-0.1, -0.05) is 24.6 Å². The molecule has 2 aromatic rings. The molecular formula is C26H36N4O2. The van der Waals surface area contributed by atoms with Crippen LogP contribution in [0, 0.1) is 11.3 Å². The molecule has 6 nitrogen and oxygen atoms in total. The summed E-state index contributed by atoms with van der Waals surface area (Å²) in [5.74, 6) is 2.03. The molecule has 1 saturated carbocycles. The molecule has 0 atom stereocenters. The molecule has 172 valence electrons. The van der Waals surface area contributed by atoms with Crippen LogP contribution < -0.4 is 4.74 Å². The summed E-state index contributed by atoms with van der Waals surface area (Å²) in [6, 6.07) is 10.3. The molecule has 3 aliphatic rings. The molecule has 1 aromatic carbocycles. The molecule has 1 amide bonds. The molecule has 2 fully saturated rings. The van der Waals surface area contributed by atoms with E-state index in [1.807, 2.05) is 4.90 Å². The lowest BCUT2D eigenvalue weighted by atomic mass is 9.73. The van der Waals surface area contributed by atoms with Crippen LogP contribution in [0.1, 0.15) is 61.0 Å². The second-order valence-electron chi connectivity index (χ2n) is 10.1. The molecule has 1 saturated heterocycles. The molecule has 6 heteroatoms. The van der Waals surface area contributed by atoms with Gasteiger partial charge in [0.2, 0.25) is 0 Å². The minimum Gasteiger partial charge on any atom is -0.492 e. The third kappa shape index (κ3) is 5.17. The van der Waals surface area contributed by atoms with Crippen molar-refractivity contribution in [2.75, 3.05) is 39.3 Å². The second kappa shape index (κ2) is 9.65. The number of hydrogen-bond acceptors (Lipinski definition) is 4. The summed E-state index contributed by atoms with van der Waals surface area (Å²) in [6.07, 6.45) is 11.4. The average molecular weight is 437 g/mol. The molecule has 2 aliphatic heterocycles. The van der Waals surface area contributed by atoms with E-state index in [0.717, 1.165) is 63.7 Å². The van der Waals surface area contributed by atoms with Gasteiger partial charge >= 0.3 is 0 Å². The fourth-order valence-electron chi connectivity index (χ4n) is 5.54. The number of nitrogens with zero attached hydrogens (tertiary/aromatic N) is 3. The van der Waals surface area contributed by atoms with Crippen molar-refractivity contribution >= 4 is 5.91 Å². The van der Waals surface area contributed by atoms with Gasteiger partial charge in [0.15, 0.2) is 0 Å². The van der Waals surface area contributed by atoms with Crippen LogP contribution in [0.3, 0.4) is 0 Å². The van der Waals surface area contributed by atoms with Crippen LogP contribution in [0.4, 0.5) is 0 Å². The van der Waals surface area contributed by atoms with Crippen LogP contribution in [-0.4, -0.2) is 65.2 Å². The van der Waals surface area contributed by atoms with Crippen LogP contribution >= 0.6 is 0 Å². The van der Waals surface area contributed by atoms with Gasteiger partial charge in [-0.05, 0) is 74.0 Å². The number of aryl methyl sites for hydroxylation is 1. The van der Waals surface area contributed by atoms with Crippen molar-refractivity contribution in [3.63, 3.8) is 0 Å². The van der Waals surface area contributed by atoms with E-state index in [1.165, 1.54) is 44.2 Å². The highest BCUT2D eigenvalue weighted by Crippen LogP contribution is 2.40. The number of fused-ring (bicyclic) bond motifs is 1. The first-order valence-corrected chi connectivity index (χ1v) is 12.4. The van der Waals surface area contributed by atoms with Gasteiger partial charge in [-0.2, -0.15) is 5.10 Å². The molecule has 3 heterocycles. The first-order chi connectivity index (χ1) is 15.7.